The number of unbranched alkanes of at least 4 members (excludes halogenated alkanes) is 1. The number of amides is 6. The van der Waals surface area contributed by atoms with Crippen LogP contribution in [0.5, 0.6) is 0 Å². The number of nitrogens with zero attached hydrogens (tertiary/aromatic N) is 7. The monoisotopic (exact) mass is 1160 g/mol. The number of nitrogens with one attached hydrogen (secondary N) is 3. The lowest BCUT2D eigenvalue weighted by Crippen LogP contribution is -2.57. The van der Waals surface area contributed by atoms with E-state index in [2.05, 4.69) is 35.8 Å². The van der Waals surface area contributed by atoms with Crippen LogP contribution in [0.2, 0.25) is 0 Å². The summed E-state index contributed by atoms with van der Waals surface area (Å²) in [6.07, 6.45) is 12.8. The number of pyridine rings is 2. The third-order valence-corrected chi connectivity index (χ3v) is 16.0. The predicted molar refractivity (Wildman–Crippen MR) is 316 cm³/mol. The number of ether oxygens (including phenoxy) is 4. The quantitative estimate of drug-likeness (QED) is 0.0394. The number of rotatable bonds is 30. The molecule has 0 aliphatic carbocycles. The molecule has 0 saturated carbocycles. The van der Waals surface area contributed by atoms with Crippen LogP contribution in [-0.4, -0.2) is 194 Å². The molecule has 21 nitrogen and oxygen atoms in total. The van der Waals surface area contributed by atoms with Crippen molar-refractivity contribution in [2.24, 2.45) is 11.3 Å². The van der Waals surface area contributed by atoms with Crippen molar-refractivity contribution in [2.75, 3.05) is 110 Å². The second-order valence-corrected chi connectivity index (χ2v) is 23.2. The fraction of sp³-hybridized carbons (Fsp3) is 0.557. The number of β-amino-alcohol motifs (C(OH)–C–C–N with tert-alkyl or cyclic N) is 1. The average Bonchev–Trinajstić information content (AvgIpc) is 4.35. The average molecular weight is 1170 g/mol. The van der Waals surface area contributed by atoms with Crippen molar-refractivity contribution in [1.29, 1.82) is 0 Å². The molecule has 0 radical (unpaired) electrons. The predicted octanol–water partition coefficient (Wildman–Crippen LogP) is 5.06. The molecule has 22 heteroatoms. The molecule has 3 fully saturated rings. The van der Waals surface area contributed by atoms with E-state index in [1.807, 2.05) is 91.5 Å². The first-order chi connectivity index (χ1) is 40.1. The highest BCUT2D eigenvalue weighted by molar-refractivity contribution is 7.13. The Morgan fingerprint density at radius 2 is 1.47 bits per heavy atom. The minimum atomic E-state index is -0.940. The van der Waals surface area contributed by atoms with Crippen LogP contribution in [0.15, 0.2) is 78.7 Å². The minimum absolute atomic E-state index is 0.00217. The largest absolute Gasteiger partial charge is 0.391 e. The lowest BCUT2D eigenvalue weighted by atomic mass is 9.85. The number of piperidine rings is 1. The lowest BCUT2D eigenvalue weighted by molar-refractivity contribution is -0.144. The van der Waals surface area contributed by atoms with Gasteiger partial charge in [-0.1, -0.05) is 63.9 Å². The molecule has 83 heavy (non-hydrogen) atoms. The Morgan fingerprint density at radius 1 is 0.783 bits per heavy atom. The molecule has 450 valence electrons. The summed E-state index contributed by atoms with van der Waals surface area (Å²) in [6.45, 7) is 14.6. The van der Waals surface area contributed by atoms with Crippen LogP contribution in [0.3, 0.4) is 0 Å². The van der Waals surface area contributed by atoms with Gasteiger partial charge in [0.05, 0.1) is 87.0 Å². The van der Waals surface area contributed by atoms with Crippen LogP contribution in [-0.2, 0) is 49.5 Å². The SMILES string of the molecule is Cc1ncsc1-c1ccc(CNC(=O)[C@@H]2C[C@@H](O)CN2C(=O)[C@@H](NC(=O)CCOCCOCCOCCOCCC(=O)N2CCN(c3ccc(C(=O)N4CCC(CCCCNC(=O)/C=C/c5cccnc5)CC4)cn3)CC2)C(C)(C)C)cc1. The van der Waals surface area contributed by atoms with E-state index in [0.29, 0.717) is 77.2 Å². The number of benzene rings is 1. The number of aromatic nitrogens is 3. The Morgan fingerprint density at radius 3 is 2.10 bits per heavy atom. The lowest BCUT2D eigenvalue weighted by Gasteiger charge is -2.35. The first kappa shape index (κ1) is 63.9. The first-order valence-electron chi connectivity index (χ1n) is 29.1. The molecule has 3 aliphatic heterocycles. The van der Waals surface area contributed by atoms with Crippen LogP contribution >= 0.6 is 11.3 Å². The molecule has 0 unspecified atom stereocenters. The zero-order valence-corrected chi connectivity index (χ0v) is 49.5. The Bertz CT molecular complexity index is 2710. The molecule has 1 aromatic carbocycles. The van der Waals surface area contributed by atoms with Crippen molar-refractivity contribution in [3.8, 4) is 10.4 Å². The summed E-state index contributed by atoms with van der Waals surface area (Å²) in [5.74, 6) is 0.110. The number of piperazine rings is 1. The minimum Gasteiger partial charge on any atom is -0.391 e. The van der Waals surface area contributed by atoms with E-state index in [9.17, 15) is 33.9 Å². The van der Waals surface area contributed by atoms with Crippen LogP contribution in [0, 0.1) is 18.3 Å². The molecule has 3 aromatic heterocycles. The van der Waals surface area contributed by atoms with Gasteiger partial charge in [-0.2, -0.15) is 0 Å². The van der Waals surface area contributed by atoms with Gasteiger partial charge in [0.25, 0.3) is 5.91 Å². The zero-order chi connectivity index (χ0) is 59.0. The molecule has 0 spiro atoms. The van der Waals surface area contributed by atoms with Crippen molar-refractivity contribution in [3.63, 3.8) is 0 Å². The highest BCUT2D eigenvalue weighted by Crippen LogP contribution is 2.29. The number of aliphatic hydroxyl groups excluding tert-OH is 1. The summed E-state index contributed by atoms with van der Waals surface area (Å²) >= 11 is 1.57. The number of anilines is 1. The number of hydrogen-bond acceptors (Lipinski definition) is 16. The maximum absolute atomic E-state index is 14.0. The summed E-state index contributed by atoms with van der Waals surface area (Å²) in [5, 5.41) is 19.3. The summed E-state index contributed by atoms with van der Waals surface area (Å²) in [5.41, 5.74) is 5.49. The van der Waals surface area contributed by atoms with Crippen molar-refractivity contribution in [1.82, 2.24) is 45.6 Å². The Kier molecular flexibility index (Phi) is 25.4. The summed E-state index contributed by atoms with van der Waals surface area (Å²) < 4.78 is 22.5. The molecular formula is C61H84N10O11S. The number of carbonyl (C=O) groups is 6. The van der Waals surface area contributed by atoms with E-state index in [1.54, 1.807) is 36.0 Å². The normalized spacial score (nSPS) is 17.2. The second kappa shape index (κ2) is 33.0. The van der Waals surface area contributed by atoms with Crippen molar-refractivity contribution >= 4 is 58.7 Å². The van der Waals surface area contributed by atoms with Gasteiger partial charge < -0.3 is 59.6 Å². The van der Waals surface area contributed by atoms with E-state index in [4.69, 9.17) is 18.9 Å². The molecule has 7 rings (SSSR count). The van der Waals surface area contributed by atoms with Crippen LogP contribution in [0.4, 0.5) is 5.82 Å². The summed E-state index contributed by atoms with van der Waals surface area (Å²) in [4.78, 5) is 100. The molecule has 3 atom stereocenters. The molecule has 0 bridgehead atoms. The van der Waals surface area contributed by atoms with Gasteiger partial charge in [0.15, 0.2) is 0 Å². The standard InChI is InChI=1S/C61H84N10O11S/c1-44-56(83-43-66-44)48-13-10-47(11-14-48)40-65-58(76)51-38-50(72)42-71(51)60(78)57(61(2,3)4)67-54(74)20-30-79-32-34-81-36-37-82-35-33-80-31-21-55(75)69-28-26-68(27-29-69)52-16-15-49(41-64-52)59(77)70-24-18-45(19-25-70)8-5-6-23-63-53(73)17-12-46-9-7-22-62-39-46/h7,9-17,22,39,41,43,45,50-51,57,72H,5-6,8,18-21,23-38,40,42H2,1-4H3,(H,63,73)(H,65,76)(H,67,74)/b17-12+/t50-,51+,57-/m1/s1. The third kappa shape index (κ3) is 20.6. The molecule has 3 aliphatic rings. The maximum atomic E-state index is 14.0. The molecule has 4 N–H and O–H groups in total. The third-order valence-electron chi connectivity index (χ3n) is 15.1. The van der Waals surface area contributed by atoms with Gasteiger partial charge in [0, 0.05) is 96.4 Å². The first-order valence-corrected chi connectivity index (χ1v) is 30.0. The molecular weight excluding hydrogens is 1080 g/mol. The molecule has 6 amide bonds. The van der Waals surface area contributed by atoms with E-state index in [1.165, 1.54) is 11.0 Å². The van der Waals surface area contributed by atoms with E-state index in [-0.39, 0.29) is 81.7 Å². The van der Waals surface area contributed by atoms with Crippen LogP contribution < -0.4 is 20.9 Å². The van der Waals surface area contributed by atoms with Crippen LogP contribution in [0.1, 0.15) is 99.3 Å². The molecule has 4 aromatic rings. The fourth-order valence-corrected chi connectivity index (χ4v) is 11.0. The maximum Gasteiger partial charge on any atom is 0.255 e. The van der Waals surface area contributed by atoms with Crippen molar-refractivity contribution < 1.29 is 52.8 Å². The fourth-order valence-electron chi connectivity index (χ4n) is 10.2. The highest BCUT2D eigenvalue weighted by Gasteiger charge is 2.44. The van der Waals surface area contributed by atoms with Gasteiger partial charge in [0.1, 0.15) is 17.9 Å². The van der Waals surface area contributed by atoms with Gasteiger partial charge in [0.2, 0.25) is 29.5 Å². The molecule has 3 saturated heterocycles. The van der Waals surface area contributed by atoms with Gasteiger partial charge in [-0.15, -0.1) is 11.3 Å². The van der Waals surface area contributed by atoms with Crippen molar-refractivity contribution in [3.05, 3.63) is 101 Å². The van der Waals surface area contributed by atoms with Crippen LogP contribution in [0.25, 0.3) is 16.5 Å². The Balaban J connectivity index is 0.663. The van der Waals surface area contributed by atoms with Gasteiger partial charge in [-0.05, 0) is 78.5 Å². The van der Waals surface area contributed by atoms with E-state index >= 15 is 0 Å². The summed E-state index contributed by atoms with van der Waals surface area (Å²) in [7, 11) is 0. The van der Waals surface area contributed by atoms with E-state index < -0.39 is 29.5 Å². The number of thiazole rings is 1. The number of aryl methyl sites for hydroxylation is 1. The number of aliphatic hydroxyl groups is 1. The number of carbonyl (C=O) groups excluding carboxylic acids is 6. The van der Waals surface area contributed by atoms with E-state index in [0.717, 1.165) is 78.3 Å². The number of likely N-dealkylation sites (tertiary alicyclic amines) is 2. The van der Waals surface area contributed by atoms with Crippen molar-refractivity contribution in [2.45, 2.75) is 104 Å². The van der Waals surface area contributed by atoms with Gasteiger partial charge >= 0.3 is 0 Å². The number of hydrogen-bond donors (Lipinski definition) is 4. The smallest absolute Gasteiger partial charge is 0.255 e. The zero-order valence-electron chi connectivity index (χ0n) is 48.6. The van der Waals surface area contributed by atoms with Gasteiger partial charge in [-0.25, -0.2) is 9.97 Å². The Labute approximate surface area is 491 Å². The highest BCUT2D eigenvalue weighted by atomic mass is 32.1. The van der Waals surface area contributed by atoms with Gasteiger partial charge in [-0.3, -0.25) is 33.8 Å². The molecule has 6 heterocycles. The Hall–Kier alpha value is -6.69. The topological polar surface area (TPSA) is 247 Å². The second-order valence-electron chi connectivity index (χ2n) is 22.3. The summed E-state index contributed by atoms with van der Waals surface area (Å²) in [6, 6.07) is 13.5.